The molecule has 0 spiro atoms. The van der Waals surface area contributed by atoms with Gasteiger partial charge < -0.3 is 9.47 Å². The molecule has 0 saturated carbocycles. The minimum atomic E-state index is -0.797. The quantitative estimate of drug-likeness (QED) is 0.270. The van der Waals surface area contributed by atoms with Crippen LogP contribution in [-0.2, 0) is 19.1 Å². The monoisotopic (exact) mass is 413 g/mol. The van der Waals surface area contributed by atoms with Crippen molar-refractivity contribution >= 4 is 35.3 Å². The molecule has 12 heteroatoms. The van der Waals surface area contributed by atoms with Gasteiger partial charge in [0.1, 0.15) is 17.0 Å². The number of non-ortho nitro benzene ring substituents is 1. The van der Waals surface area contributed by atoms with E-state index in [9.17, 15) is 29.8 Å². The lowest BCUT2D eigenvalue weighted by molar-refractivity contribution is -0.396. The highest BCUT2D eigenvalue weighted by molar-refractivity contribution is 7.97. The van der Waals surface area contributed by atoms with Gasteiger partial charge in [-0.2, -0.15) is 0 Å². The molecular formula is C16H19N3O8S. The van der Waals surface area contributed by atoms with Gasteiger partial charge in [0.05, 0.1) is 29.1 Å². The Morgan fingerprint density at radius 1 is 1.07 bits per heavy atom. The zero-order valence-electron chi connectivity index (χ0n) is 15.2. The van der Waals surface area contributed by atoms with Gasteiger partial charge in [0, 0.05) is 6.07 Å². The van der Waals surface area contributed by atoms with Crippen molar-refractivity contribution in [2.24, 2.45) is 0 Å². The van der Waals surface area contributed by atoms with Gasteiger partial charge in [-0.1, -0.05) is 0 Å². The number of esters is 2. The van der Waals surface area contributed by atoms with E-state index in [1.165, 1.54) is 10.4 Å². The molecule has 1 aliphatic rings. The second kappa shape index (κ2) is 9.46. The number of nitrogens with zero attached hydrogens (tertiary/aromatic N) is 3. The Balaban J connectivity index is 2.39. The Morgan fingerprint density at radius 3 is 2.04 bits per heavy atom. The van der Waals surface area contributed by atoms with E-state index in [-0.39, 0.29) is 18.1 Å². The molecule has 0 aliphatic carbocycles. The number of rotatable bonds is 8. The smallest absolute Gasteiger partial charge is 0.324 e. The second-order valence-corrected chi connectivity index (χ2v) is 6.77. The average molecular weight is 413 g/mol. The highest BCUT2D eigenvalue weighted by atomic mass is 32.2. The van der Waals surface area contributed by atoms with Gasteiger partial charge in [-0.15, -0.1) is 0 Å². The van der Waals surface area contributed by atoms with Crippen LogP contribution >= 0.6 is 11.9 Å². The summed E-state index contributed by atoms with van der Waals surface area (Å²) in [6.07, 6.45) is 0.631. The van der Waals surface area contributed by atoms with Gasteiger partial charge in [-0.3, -0.25) is 29.8 Å². The molecule has 0 radical (unpaired) electrons. The van der Waals surface area contributed by atoms with Crippen molar-refractivity contribution in [3.63, 3.8) is 0 Å². The molecule has 1 saturated heterocycles. The molecule has 11 nitrogen and oxygen atoms in total. The maximum Gasteiger partial charge on any atom is 0.324 e. The zero-order valence-corrected chi connectivity index (χ0v) is 16.0. The highest BCUT2D eigenvalue weighted by Crippen LogP contribution is 2.41. The van der Waals surface area contributed by atoms with E-state index in [0.717, 1.165) is 24.1 Å². The lowest BCUT2D eigenvalue weighted by Crippen LogP contribution is -2.41. The summed E-state index contributed by atoms with van der Waals surface area (Å²) in [5, 5.41) is 22.3. The van der Waals surface area contributed by atoms with Gasteiger partial charge in [0.2, 0.25) is 0 Å². The number of ether oxygens (including phenoxy) is 2. The number of carbonyl (C=O) groups is 2. The van der Waals surface area contributed by atoms with Crippen LogP contribution in [-0.4, -0.2) is 51.4 Å². The normalized spacial score (nSPS) is 19.2. The SMILES string of the molecule is CCOC(=O)C1CCC(C(=O)OCC)N1Sc1ccc([N+](=O)[O-])cc1[N+](=O)[O-]. The van der Waals surface area contributed by atoms with Crippen LogP contribution < -0.4 is 0 Å². The van der Waals surface area contributed by atoms with Crippen molar-refractivity contribution in [1.82, 2.24) is 4.31 Å². The molecule has 2 unspecified atom stereocenters. The Morgan fingerprint density at radius 2 is 1.61 bits per heavy atom. The van der Waals surface area contributed by atoms with Gasteiger partial charge in [0.25, 0.3) is 11.4 Å². The summed E-state index contributed by atoms with van der Waals surface area (Å²) in [7, 11) is 0. The molecule has 152 valence electrons. The van der Waals surface area contributed by atoms with E-state index in [1.54, 1.807) is 13.8 Å². The van der Waals surface area contributed by atoms with Crippen LogP contribution in [0, 0.1) is 20.2 Å². The van der Waals surface area contributed by atoms with Gasteiger partial charge in [-0.05, 0) is 44.7 Å². The summed E-state index contributed by atoms with van der Waals surface area (Å²) in [6, 6.07) is 1.61. The van der Waals surface area contributed by atoms with E-state index in [4.69, 9.17) is 9.47 Å². The first-order valence-electron chi connectivity index (χ1n) is 8.52. The number of benzene rings is 1. The zero-order chi connectivity index (χ0) is 20.8. The third kappa shape index (κ3) is 4.75. The Bertz CT molecular complexity index is 761. The summed E-state index contributed by atoms with van der Waals surface area (Å²) in [5.41, 5.74) is -0.919. The fourth-order valence-corrected chi connectivity index (χ4v) is 4.01. The third-order valence-corrected chi connectivity index (χ3v) is 5.26. The second-order valence-electron chi connectivity index (χ2n) is 5.73. The predicted octanol–water partition coefficient (Wildman–Crippen LogP) is 2.47. The Hall–Kier alpha value is -2.73. The summed E-state index contributed by atoms with van der Waals surface area (Å²) in [4.78, 5) is 45.4. The van der Waals surface area contributed by atoms with Crippen LogP contribution in [0.4, 0.5) is 11.4 Å². The fourth-order valence-electron chi connectivity index (χ4n) is 2.79. The minimum absolute atomic E-state index is 0.0705. The summed E-state index contributed by atoms with van der Waals surface area (Å²) in [5.74, 6) is -1.10. The molecule has 0 amide bonds. The minimum Gasteiger partial charge on any atom is -0.465 e. The molecule has 1 heterocycles. The summed E-state index contributed by atoms with van der Waals surface area (Å²) in [6.45, 7) is 3.59. The number of nitro benzene ring substituents is 2. The van der Waals surface area contributed by atoms with Crippen molar-refractivity contribution in [2.45, 2.75) is 43.7 Å². The van der Waals surface area contributed by atoms with E-state index in [1.807, 2.05) is 0 Å². The van der Waals surface area contributed by atoms with Crippen molar-refractivity contribution < 1.29 is 28.9 Å². The molecule has 0 N–H and O–H groups in total. The number of hydrogen-bond donors (Lipinski definition) is 0. The van der Waals surface area contributed by atoms with Crippen molar-refractivity contribution in [2.75, 3.05) is 13.2 Å². The average Bonchev–Trinajstić information content (AvgIpc) is 3.05. The maximum absolute atomic E-state index is 12.3. The molecule has 1 fully saturated rings. The fraction of sp³-hybridized carbons (Fsp3) is 0.500. The molecular weight excluding hydrogens is 394 g/mol. The van der Waals surface area contributed by atoms with E-state index < -0.39 is 45.2 Å². The van der Waals surface area contributed by atoms with Gasteiger partial charge in [0.15, 0.2) is 0 Å². The first-order valence-corrected chi connectivity index (χ1v) is 9.29. The first-order chi connectivity index (χ1) is 13.3. The van der Waals surface area contributed by atoms with Crippen LogP contribution in [0.5, 0.6) is 0 Å². The van der Waals surface area contributed by atoms with Crippen molar-refractivity contribution in [1.29, 1.82) is 0 Å². The molecule has 0 bridgehead atoms. The van der Waals surface area contributed by atoms with Crippen LogP contribution in [0.25, 0.3) is 0 Å². The molecule has 1 aromatic carbocycles. The van der Waals surface area contributed by atoms with Crippen LogP contribution in [0.1, 0.15) is 26.7 Å². The molecule has 1 aromatic rings. The summed E-state index contributed by atoms with van der Waals surface area (Å²) >= 11 is 0.819. The highest BCUT2D eigenvalue weighted by Gasteiger charge is 2.44. The molecule has 2 rings (SSSR count). The summed E-state index contributed by atoms with van der Waals surface area (Å²) < 4.78 is 11.5. The van der Waals surface area contributed by atoms with E-state index >= 15 is 0 Å². The topological polar surface area (TPSA) is 142 Å². The molecule has 1 aliphatic heterocycles. The molecule has 28 heavy (non-hydrogen) atoms. The van der Waals surface area contributed by atoms with E-state index in [2.05, 4.69) is 0 Å². The first kappa shape index (κ1) is 21.6. The van der Waals surface area contributed by atoms with E-state index in [0.29, 0.717) is 12.8 Å². The van der Waals surface area contributed by atoms with Crippen LogP contribution in [0.15, 0.2) is 23.1 Å². The standard InChI is InChI=1S/C16H19N3O8S/c1-3-26-15(20)11-6-7-12(16(21)27-4-2)17(11)28-14-8-5-10(18(22)23)9-13(14)19(24)25/h5,8-9,11-12H,3-4,6-7H2,1-2H3. The largest absolute Gasteiger partial charge is 0.465 e. The van der Waals surface area contributed by atoms with Crippen molar-refractivity contribution in [3.05, 3.63) is 38.4 Å². The number of carbonyl (C=O) groups excluding carboxylic acids is 2. The number of nitro groups is 2. The molecule has 2 atom stereocenters. The third-order valence-electron chi connectivity index (χ3n) is 4.00. The maximum atomic E-state index is 12.3. The van der Waals surface area contributed by atoms with Gasteiger partial charge >= 0.3 is 11.9 Å². The van der Waals surface area contributed by atoms with Crippen LogP contribution in [0.2, 0.25) is 0 Å². The lowest BCUT2D eigenvalue weighted by Gasteiger charge is -2.26. The van der Waals surface area contributed by atoms with Crippen LogP contribution in [0.3, 0.4) is 0 Å². The lowest BCUT2D eigenvalue weighted by atomic mass is 10.2. The van der Waals surface area contributed by atoms with Gasteiger partial charge in [-0.25, -0.2) is 4.31 Å². The molecule has 0 aromatic heterocycles. The predicted molar refractivity (Wildman–Crippen MR) is 97.5 cm³/mol. The Labute approximate surface area is 164 Å². The van der Waals surface area contributed by atoms with Crippen molar-refractivity contribution in [3.8, 4) is 0 Å². The Kier molecular flexibility index (Phi) is 7.29. The number of hydrogen-bond acceptors (Lipinski definition) is 10.